The summed E-state index contributed by atoms with van der Waals surface area (Å²) in [6.45, 7) is 0.689. The van der Waals surface area contributed by atoms with E-state index in [1.165, 1.54) is 0 Å². The van der Waals surface area contributed by atoms with Crippen LogP contribution in [0.2, 0.25) is 5.02 Å². The summed E-state index contributed by atoms with van der Waals surface area (Å²) >= 11 is 5.83. The first-order valence-electron chi connectivity index (χ1n) is 4.42. The Hall–Kier alpha value is -0.760. The topological polar surface area (TPSA) is 12.0 Å². The molecule has 0 aliphatic carbocycles. The lowest BCUT2D eigenvalue weighted by Crippen LogP contribution is -2.05. The average Bonchev–Trinajstić information content (AvgIpc) is 2.25. The number of hydrogen-bond acceptors (Lipinski definition) is 1. The molecule has 1 aromatic rings. The SMILES string of the molecule is FC1CCNc2cc(Cl)ccc2C1. The van der Waals surface area contributed by atoms with Gasteiger partial charge in [0, 0.05) is 23.7 Å². The molecule has 1 nitrogen and oxygen atoms in total. The lowest BCUT2D eigenvalue weighted by atomic mass is 10.1. The van der Waals surface area contributed by atoms with Crippen LogP contribution in [0, 0.1) is 0 Å². The van der Waals surface area contributed by atoms with Gasteiger partial charge in [0.2, 0.25) is 0 Å². The van der Waals surface area contributed by atoms with Crippen molar-refractivity contribution >= 4 is 17.3 Å². The molecule has 1 N–H and O–H groups in total. The lowest BCUT2D eigenvalue weighted by molar-refractivity contribution is 0.323. The van der Waals surface area contributed by atoms with E-state index in [2.05, 4.69) is 5.32 Å². The average molecular weight is 200 g/mol. The van der Waals surface area contributed by atoms with Crippen molar-refractivity contribution < 1.29 is 4.39 Å². The van der Waals surface area contributed by atoms with Crippen molar-refractivity contribution in [3.8, 4) is 0 Å². The number of fused-ring (bicyclic) bond motifs is 1. The fourth-order valence-electron chi connectivity index (χ4n) is 1.60. The Kier molecular flexibility index (Phi) is 2.40. The molecule has 13 heavy (non-hydrogen) atoms. The Labute approximate surface area is 81.9 Å². The second kappa shape index (κ2) is 3.54. The summed E-state index contributed by atoms with van der Waals surface area (Å²) in [5, 5.41) is 3.87. The summed E-state index contributed by atoms with van der Waals surface area (Å²) in [6, 6.07) is 5.55. The summed E-state index contributed by atoms with van der Waals surface area (Å²) in [7, 11) is 0. The van der Waals surface area contributed by atoms with Crippen LogP contribution >= 0.6 is 11.6 Å². The predicted molar refractivity (Wildman–Crippen MR) is 53.2 cm³/mol. The Morgan fingerprint density at radius 1 is 1.46 bits per heavy atom. The summed E-state index contributed by atoms with van der Waals surface area (Å²) in [6.07, 6.45) is 0.348. The van der Waals surface area contributed by atoms with Gasteiger partial charge < -0.3 is 5.32 Å². The van der Waals surface area contributed by atoms with Crippen molar-refractivity contribution in [1.29, 1.82) is 0 Å². The number of anilines is 1. The minimum Gasteiger partial charge on any atom is -0.385 e. The van der Waals surface area contributed by atoms with E-state index in [1.54, 1.807) is 6.07 Å². The molecule has 1 aliphatic rings. The standard InChI is InChI=1S/C10H11ClFN/c11-8-2-1-7-5-9(12)3-4-13-10(7)6-8/h1-2,6,9,13H,3-5H2. The molecule has 1 aliphatic heterocycles. The van der Waals surface area contributed by atoms with Gasteiger partial charge >= 0.3 is 0 Å². The number of rotatable bonds is 0. The Bertz CT molecular complexity index is 314. The highest BCUT2D eigenvalue weighted by atomic mass is 35.5. The molecule has 0 saturated heterocycles. The van der Waals surface area contributed by atoms with Gasteiger partial charge in [-0.3, -0.25) is 0 Å². The maximum atomic E-state index is 13.1. The van der Waals surface area contributed by atoms with E-state index in [0.717, 1.165) is 11.3 Å². The quantitative estimate of drug-likeness (QED) is 0.677. The zero-order chi connectivity index (χ0) is 9.26. The molecule has 0 spiro atoms. The van der Waals surface area contributed by atoms with Gasteiger partial charge in [-0.2, -0.15) is 0 Å². The highest BCUT2D eigenvalue weighted by molar-refractivity contribution is 6.30. The maximum absolute atomic E-state index is 13.1. The highest BCUT2D eigenvalue weighted by Gasteiger charge is 2.14. The summed E-state index contributed by atoms with van der Waals surface area (Å²) in [5.41, 5.74) is 2.00. The molecule has 0 aromatic heterocycles. The first-order chi connectivity index (χ1) is 6.25. The molecule has 1 unspecified atom stereocenters. The molecule has 0 fully saturated rings. The minimum absolute atomic E-state index is 0.500. The third kappa shape index (κ3) is 1.94. The van der Waals surface area contributed by atoms with Crippen LogP contribution in [-0.4, -0.2) is 12.7 Å². The Morgan fingerprint density at radius 2 is 2.31 bits per heavy atom. The van der Waals surface area contributed by atoms with Crippen LogP contribution < -0.4 is 5.32 Å². The second-order valence-electron chi connectivity index (χ2n) is 3.32. The number of nitrogens with one attached hydrogen (secondary N) is 1. The largest absolute Gasteiger partial charge is 0.385 e. The van der Waals surface area contributed by atoms with Crippen LogP contribution in [0.15, 0.2) is 18.2 Å². The fourth-order valence-corrected chi connectivity index (χ4v) is 1.77. The Balaban J connectivity index is 2.34. The number of halogens is 2. The third-order valence-corrected chi connectivity index (χ3v) is 2.52. The van der Waals surface area contributed by atoms with Gasteiger partial charge in [0.15, 0.2) is 0 Å². The van der Waals surface area contributed by atoms with E-state index in [-0.39, 0.29) is 0 Å². The first kappa shape index (κ1) is 8.82. The first-order valence-corrected chi connectivity index (χ1v) is 4.80. The van der Waals surface area contributed by atoms with E-state index >= 15 is 0 Å². The molecule has 0 saturated carbocycles. The normalized spacial score (nSPS) is 21.5. The van der Waals surface area contributed by atoms with E-state index < -0.39 is 6.17 Å². The molecule has 1 aromatic carbocycles. The van der Waals surface area contributed by atoms with Gasteiger partial charge in [0.05, 0.1) is 0 Å². The molecule has 3 heteroatoms. The lowest BCUT2D eigenvalue weighted by Gasteiger charge is -2.06. The number of hydrogen-bond donors (Lipinski definition) is 1. The van der Waals surface area contributed by atoms with Crippen molar-refractivity contribution in [1.82, 2.24) is 0 Å². The van der Waals surface area contributed by atoms with Gasteiger partial charge in [-0.1, -0.05) is 17.7 Å². The summed E-state index contributed by atoms with van der Waals surface area (Å²) in [4.78, 5) is 0. The van der Waals surface area contributed by atoms with Crippen LogP contribution in [0.1, 0.15) is 12.0 Å². The molecular formula is C10H11ClFN. The molecule has 0 amide bonds. The molecule has 0 bridgehead atoms. The van der Waals surface area contributed by atoms with E-state index in [4.69, 9.17) is 11.6 Å². The van der Waals surface area contributed by atoms with E-state index in [1.807, 2.05) is 12.1 Å². The molecular weight excluding hydrogens is 189 g/mol. The monoisotopic (exact) mass is 199 g/mol. The third-order valence-electron chi connectivity index (χ3n) is 2.29. The Morgan fingerprint density at radius 3 is 3.15 bits per heavy atom. The number of alkyl halides is 1. The molecule has 1 heterocycles. The van der Waals surface area contributed by atoms with Gasteiger partial charge in [0.1, 0.15) is 6.17 Å². The molecule has 0 radical (unpaired) electrons. The van der Waals surface area contributed by atoms with Crippen molar-refractivity contribution in [3.05, 3.63) is 28.8 Å². The second-order valence-corrected chi connectivity index (χ2v) is 3.75. The molecule has 70 valence electrons. The summed E-state index contributed by atoms with van der Waals surface area (Å²) in [5.74, 6) is 0. The number of benzene rings is 1. The minimum atomic E-state index is -0.727. The predicted octanol–water partition coefficient (Wildman–Crippen LogP) is 3.04. The van der Waals surface area contributed by atoms with Gasteiger partial charge in [0.25, 0.3) is 0 Å². The summed E-state index contributed by atoms with van der Waals surface area (Å²) < 4.78 is 13.1. The highest BCUT2D eigenvalue weighted by Crippen LogP contribution is 2.25. The van der Waals surface area contributed by atoms with E-state index in [0.29, 0.717) is 24.4 Å². The van der Waals surface area contributed by atoms with Gasteiger partial charge in [-0.15, -0.1) is 0 Å². The van der Waals surface area contributed by atoms with Gasteiger partial charge in [-0.05, 0) is 24.1 Å². The zero-order valence-corrected chi connectivity index (χ0v) is 7.94. The smallest absolute Gasteiger partial charge is 0.106 e. The maximum Gasteiger partial charge on any atom is 0.106 e. The van der Waals surface area contributed by atoms with Crippen LogP contribution in [0.3, 0.4) is 0 Å². The van der Waals surface area contributed by atoms with Crippen LogP contribution in [0.4, 0.5) is 10.1 Å². The molecule has 2 rings (SSSR count). The van der Waals surface area contributed by atoms with E-state index in [9.17, 15) is 4.39 Å². The van der Waals surface area contributed by atoms with Crippen molar-refractivity contribution in [3.63, 3.8) is 0 Å². The van der Waals surface area contributed by atoms with Crippen LogP contribution in [0.25, 0.3) is 0 Å². The molecule has 1 atom stereocenters. The van der Waals surface area contributed by atoms with Crippen LogP contribution in [0.5, 0.6) is 0 Å². The van der Waals surface area contributed by atoms with Crippen molar-refractivity contribution in [2.24, 2.45) is 0 Å². The van der Waals surface area contributed by atoms with Crippen molar-refractivity contribution in [2.75, 3.05) is 11.9 Å². The van der Waals surface area contributed by atoms with Crippen molar-refractivity contribution in [2.45, 2.75) is 19.0 Å². The fraction of sp³-hybridized carbons (Fsp3) is 0.400. The van der Waals surface area contributed by atoms with Crippen LogP contribution in [-0.2, 0) is 6.42 Å². The zero-order valence-electron chi connectivity index (χ0n) is 7.19. The van der Waals surface area contributed by atoms with Gasteiger partial charge in [-0.25, -0.2) is 4.39 Å².